The Bertz CT molecular complexity index is 688. The van der Waals surface area contributed by atoms with Gasteiger partial charge in [-0.3, -0.25) is 4.79 Å². The smallest absolute Gasteiger partial charge is 0.252 e. The van der Waals surface area contributed by atoms with Crippen LogP contribution in [0, 0.1) is 0 Å². The van der Waals surface area contributed by atoms with Crippen LogP contribution < -0.4 is 14.8 Å². The van der Waals surface area contributed by atoms with Gasteiger partial charge in [0.25, 0.3) is 5.91 Å². The zero-order valence-corrected chi connectivity index (χ0v) is 14.6. The van der Waals surface area contributed by atoms with Crippen molar-refractivity contribution in [2.45, 2.75) is 17.9 Å². The van der Waals surface area contributed by atoms with Crippen LogP contribution in [0.5, 0.6) is 11.5 Å². The van der Waals surface area contributed by atoms with E-state index >= 15 is 0 Å². The molecular weight excluding hydrogens is 310 g/mol. The Balaban J connectivity index is 2.18. The number of hydrogen-bond acceptors (Lipinski definition) is 4. The average molecular weight is 331 g/mol. The van der Waals surface area contributed by atoms with Crippen LogP contribution in [0.1, 0.15) is 28.9 Å². The minimum Gasteiger partial charge on any atom is -0.493 e. The molecule has 0 bridgehead atoms. The number of rotatable bonds is 6. The number of benzene rings is 2. The first-order chi connectivity index (χ1) is 11.1. The molecule has 0 aliphatic carbocycles. The van der Waals surface area contributed by atoms with E-state index in [2.05, 4.69) is 5.32 Å². The summed E-state index contributed by atoms with van der Waals surface area (Å²) < 4.78 is 10.5. The summed E-state index contributed by atoms with van der Waals surface area (Å²) in [5, 5.41) is 3.03. The normalized spacial score (nSPS) is 11.7. The molecule has 0 unspecified atom stereocenters. The van der Waals surface area contributed by atoms with Crippen molar-refractivity contribution >= 4 is 17.7 Å². The van der Waals surface area contributed by atoms with E-state index in [4.69, 9.17) is 9.47 Å². The molecule has 2 aromatic rings. The van der Waals surface area contributed by atoms with Gasteiger partial charge in [0, 0.05) is 4.90 Å². The van der Waals surface area contributed by atoms with Gasteiger partial charge < -0.3 is 14.8 Å². The lowest BCUT2D eigenvalue weighted by Gasteiger charge is -2.17. The molecule has 0 aromatic heterocycles. The first kappa shape index (κ1) is 17.2. The molecule has 0 saturated heterocycles. The largest absolute Gasteiger partial charge is 0.493 e. The topological polar surface area (TPSA) is 47.6 Å². The minimum atomic E-state index is -0.141. The molecular formula is C18H21NO3S. The number of thioether (sulfide) groups is 1. The minimum absolute atomic E-state index is 0.0859. The van der Waals surface area contributed by atoms with E-state index in [-0.39, 0.29) is 11.9 Å². The van der Waals surface area contributed by atoms with Crippen LogP contribution in [-0.2, 0) is 0 Å². The Kier molecular flexibility index (Phi) is 5.93. The molecule has 1 atom stereocenters. The molecule has 0 spiro atoms. The van der Waals surface area contributed by atoms with Crippen LogP contribution in [0.25, 0.3) is 0 Å². The third-order valence-electron chi connectivity index (χ3n) is 3.61. The number of hydrogen-bond donors (Lipinski definition) is 1. The summed E-state index contributed by atoms with van der Waals surface area (Å²) in [5.74, 6) is 1.23. The van der Waals surface area contributed by atoms with E-state index in [1.165, 1.54) is 0 Å². The molecule has 0 aliphatic heterocycles. The van der Waals surface area contributed by atoms with Crippen molar-refractivity contribution in [2.24, 2.45) is 0 Å². The lowest BCUT2D eigenvalue weighted by molar-refractivity contribution is 0.0937. The zero-order valence-electron chi connectivity index (χ0n) is 13.8. The average Bonchev–Trinajstić information content (AvgIpc) is 2.60. The molecule has 0 heterocycles. The summed E-state index contributed by atoms with van der Waals surface area (Å²) in [4.78, 5) is 13.5. The highest BCUT2D eigenvalue weighted by atomic mass is 32.2. The van der Waals surface area contributed by atoms with Crippen LogP contribution in [0.2, 0.25) is 0 Å². The van der Waals surface area contributed by atoms with Gasteiger partial charge in [-0.2, -0.15) is 0 Å². The van der Waals surface area contributed by atoms with Crippen molar-refractivity contribution < 1.29 is 14.3 Å². The Morgan fingerprint density at radius 2 is 1.78 bits per heavy atom. The summed E-state index contributed by atoms with van der Waals surface area (Å²) in [6, 6.07) is 13.1. The van der Waals surface area contributed by atoms with Gasteiger partial charge in [0.05, 0.1) is 25.8 Å². The van der Waals surface area contributed by atoms with Crippen molar-refractivity contribution in [3.05, 3.63) is 53.6 Å². The monoisotopic (exact) mass is 331 g/mol. The van der Waals surface area contributed by atoms with Crippen molar-refractivity contribution in [2.75, 3.05) is 20.5 Å². The maximum Gasteiger partial charge on any atom is 0.252 e. The van der Waals surface area contributed by atoms with Gasteiger partial charge in [0.15, 0.2) is 11.5 Å². The number of carbonyl (C=O) groups excluding carboxylic acids is 1. The fraction of sp³-hybridized carbons (Fsp3) is 0.278. The predicted molar refractivity (Wildman–Crippen MR) is 93.7 cm³/mol. The lowest BCUT2D eigenvalue weighted by atomic mass is 10.1. The summed E-state index contributed by atoms with van der Waals surface area (Å²) in [6.07, 6.45) is 1.96. The van der Waals surface area contributed by atoms with Gasteiger partial charge in [-0.05, 0) is 43.0 Å². The van der Waals surface area contributed by atoms with Crippen molar-refractivity contribution in [1.29, 1.82) is 0 Å². The molecule has 1 N–H and O–H groups in total. The van der Waals surface area contributed by atoms with Gasteiger partial charge >= 0.3 is 0 Å². The van der Waals surface area contributed by atoms with Gasteiger partial charge in [-0.1, -0.05) is 18.2 Å². The van der Waals surface area contributed by atoms with E-state index < -0.39 is 0 Å². The van der Waals surface area contributed by atoms with Crippen molar-refractivity contribution in [1.82, 2.24) is 5.32 Å². The molecule has 5 heteroatoms. The molecule has 0 radical (unpaired) electrons. The number of ether oxygens (including phenoxy) is 2. The Labute approximate surface area is 141 Å². The molecule has 0 fully saturated rings. The highest BCUT2D eigenvalue weighted by Gasteiger charge is 2.15. The molecule has 1 amide bonds. The molecule has 2 aromatic carbocycles. The highest BCUT2D eigenvalue weighted by molar-refractivity contribution is 7.98. The zero-order chi connectivity index (χ0) is 16.8. The SMILES string of the molecule is COc1ccc([C@H](C)NC(=O)c2ccccc2SC)cc1OC. The maximum absolute atomic E-state index is 12.5. The molecule has 122 valence electrons. The predicted octanol–water partition coefficient (Wildman–Crippen LogP) is 3.92. The van der Waals surface area contributed by atoms with Crippen LogP contribution >= 0.6 is 11.8 Å². The third-order valence-corrected chi connectivity index (χ3v) is 4.40. The second-order valence-corrected chi connectivity index (χ2v) is 5.86. The second-order valence-electron chi connectivity index (χ2n) is 5.01. The van der Waals surface area contributed by atoms with Crippen LogP contribution in [0.3, 0.4) is 0 Å². The van der Waals surface area contributed by atoms with Crippen molar-refractivity contribution in [3.63, 3.8) is 0 Å². The van der Waals surface area contributed by atoms with E-state index in [9.17, 15) is 4.79 Å². The van der Waals surface area contributed by atoms with Crippen LogP contribution in [-0.4, -0.2) is 26.4 Å². The van der Waals surface area contributed by atoms with Crippen LogP contribution in [0.15, 0.2) is 47.4 Å². The summed E-state index contributed by atoms with van der Waals surface area (Å²) in [6.45, 7) is 1.95. The Morgan fingerprint density at radius 1 is 1.09 bits per heavy atom. The fourth-order valence-corrected chi connectivity index (χ4v) is 2.91. The van der Waals surface area contributed by atoms with E-state index in [1.807, 2.05) is 55.6 Å². The first-order valence-corrected chi connectivity index (χ1v) is 8.49. The van der Waals surface area contributed by atoms with Crippen molar-refractivity contribution in [3.8, 4) is 11.5 Å². The van der Waals surface area contributed by atoms with Gasteiger partial charge in [-0.15, -0.1) is 11.8 Å². The molecule has 4 nitrogen and oxygen atoms in total. The second kappa shape index (κ2) is 7.92. The lowest BCUT2D eigenvalue weighted by Crippen LogP contribution is -2.27. The number of methoxy groups -OCH3 is 2. The number of amides is 1. The highest BCUT2D eigenvalue weighted by Crippen LogP contribution is 2.30. The Hall–Kier alpha value is -2.14. The molecule has 0 saturated carbocycles. The maximum atomic E-state index is 12.5. The van der Waals surface area contributed by atoms with E-state index in [0.717, 1.165) is 10.5 Å². The summed E-state index contributed by atoms with van der Waals surface area (Å²) in [5.41, 5.74) is 1.64. The molecule has 23 heavy (non-hydrogen) atoms. The molecule has 0 aliphatic rings. The van der Waals surface area contributed by atoms with Gasteiger partial charge in [-0.25, -0.2) is 0 Å². The standard InChI is InChI=1S/C18H21NO3S/c1-12(13-9-10-15(21-2)16(11-13)22-3)19-18(20)14-7-5-6-8-17(14)23-4/h5-12H,1-4H3,(H,19,20)/t12-/m0/s1. The number of carbonyl (C=O) groups is 1. The first-order valence-electron chi connectivity index (χ1n) is 7.26. The van der Waals surface area contributed by atoms with E-state index in [0.29, 0.717) is 17.1 Å². The quantitative estimate of drug-likeness (QED) is 0.815. The van der Waals surface area contributed by atoms with Crippen LogP contribution in [0.4, 0.5) is 0 Å². The Morgan fingerprint density at radius 3 is 2.43 bits per heavy atom. The summed E-state index contributed by atoms with van der Waals surface area (Å²) in [7, 11) is 3.20. The van der Waals surface area contributed by atoms with E-state index in [1.54, 1.807) is 26.0 Å². The third kappa shape index (κ3) is 3.99. The number of nitrogens with one attached hydrogen (secondary N) is 1. The molecule has 2 rings (SSSR count). The summed E-state index contributed by atoms with van der Waals surface area (Å²) >= 11 is 1.56. The van der Waals surface area contributed by atoms with Gasteiger partial charge in [0.2, 0.25) is 0 Å². The fourth-order valence-electron chi connectivity index (χ4n) is 2.31. The van der Waals surface area contributed by atoms with Gasteiger partial charge in [0.1, 0.15) is 0 Å².